The first-order chi connectivity index (χ1) is 17.2. The number of carbonyl (C=O) groups is 2. The summed E-state index contributed by atoms with van der Waals surface area (Å²) in [5.41, 5.74) is 0.760. The van der Waals surface area contributed by atoms with Crippen LogP contribution < -0.4 is 5.32 Å². The second-order valence-corrected chi connectivity index (χ2v) is 10.0. The Kier molecular flexibility index (Phi) is 6.08. The summed E-state index contributed by atoms with van der Waals surface area (Å²) in [5, 5.41) is 3.09. The predicted molar refractivity (Wildman–Crippen MR) is 129 cm³/mol. The van der Waals surface area contributed by atoms with Crippen LogP contribution in [-0.4, -0.2) is 60.5 Å². The monoisotopic (exact) mass is 494 g/mol. The van der Waals surface area contributed by atoms with Crippen LogP contribution in [0.25, 0.3) is 0 Å². The summed E-state index contributed by atoms with van der Waals surface area (Å²) in [6, 6.07) is 17.2. The second-order valence-electron chi connectivity index (χ2n) is 10.0. The number of amides is 2. The highest BCUT2D eigenvalue weighted by molar-refractivity contribution is 5.97. The number of halogens is 3. The van der Waals surface area contributed by atoms with Crippen LogP contribution in [0.15, 0.2) is 72.8 Å². The molecule has 2 atom stereocenters. The molecule has 0 aliphatic carbocycles. The van der Waals surface area contributed by atoms with E-state index in [0.29, 0.717) is 40.7 Å². The zero-order valence-corrected chi connectivity index (χ0v) is 19.9. The molecule has 2 fully saturated rings. The van der Waals surface area contributed by atoms with Gasteiger partial charge >= 0.3 is 6.03 Å². The quantitative estimate of drug-likeness (QED) is 0.406. The topological polar surface area (TPSA) is 49.4 Å². The molecule has 0 spiro atoms. The summed E-state index contributed by atoms with van der Waals surface area (Å²) >= 11 is 0. The van der Waals surface area contributed by atoms with Gasteiger partial charge in [0.25, 0.3) is 0 Å². The average molecular weight is 495 g/mol. The van der Waals surface area contributed by atoms with Crippen molar-refractivity contribution in [1.82, 2.24) is 10.2 Å². The molecule has 1 unspecified atom stereocenters. The van der Waals surface area contributed by atoms with Gasteiger partial charge in [0, 0.05) is 12.0 Å². The molecule has 186 valence electrons. The summed E-state index contributed by atoms with van der Waals surface area (Å²) < 4.78 is 41.4. The number of rotatable bonds is 6. The molecule has 2 amide bonds. The molecule has 0 bridgehead atoms. The molecule has 0 radical (unpaired) electrons. The number of nitrogens with one attached hydrogen (secondary N) is 1. The number of ketones is 1. The highest BCUT2D eigenvalue weighted by Gasteiger charge is 2.50. The SMILES string of the molecule is C[N+]1(CC(=O)c2cccc(F)c2)CC[C@@H](N2CC(c3ccc(F)cc3)(c3ccc(F)cc3)NC2=O)C1. The first kappa shape index (κ1) is 24.1. The lowest BCUT2D eigenvalue weighted by molar-refractivity contribution is -0.890. The van der Waals surface area contributed by atoms with Gasteiger partial charge in [-0.2, -0.15) is 0 Å². The van der Waals surface area contributed by atoms with Crippen molar-refractivity contribution in [2.24, 2.45) is 0 Å². The highest BCUT2D eigenvalue weighted by atomic mass is 19.1. The third-order valence-corrected chi connectivity index (χ3v) is 7.43. The number of likely N-dealkylation sites (tertiary alicyclic amines) is 1. The van der Waals surface area contributed by atoms with Crippen molar-refractivity contribution < 1.29 is 27.2 Å². The van der Waals surface area contributed by atoms with Crippen molar-refractivity contribution in [3.8, 4) is 0 Å². The van der Waals surface area contributed by atoms with E-state index in [9.17, 15) is 22.8 Å². The van der Waals surface area contributed by atoms with E-state index in [4.69, 9.17) is 0 Å². The maximum Gasteiger partial charge on any atom is 0.319 e. The predicted octanol–water partition coefficient (Wildman–Crippen LogP) is 4.47. The molecule has 8 heteroatoms. The Balaban J connectivity index is 1.39. The molecule has 0 aromatic heterocycles. The van der Waals surface area contributed by atoms with E-state index < -0.39 is 11.4 Å². The minimum Gasteiger partial charge on any atom is -0.323 e. The lowest BCUT2D eigenvalue weighted by Crippen LogP contribution is -2.49. The molecule has 2 aliphatic heterocycles. The molecule has 2 aliphatic rings. The van der Waals surface area contributed by atoms with E-state index in [0.717, 1.165) is 0 Å². The van der Waals surface area contributed by atoms with E-state index in [1.165, 1.54) is 42.5 Å². The van der Waals surface area contributed by atoms with Gasteiger partial charge in [0.1, 0.15) is 29.5 Å². The third kappa shape index (κ3) is 4.48. The van der Waals surface area contributed by atoms with Gasteiger partial charge in [0.2, 0.25) is 5.78 Å². The van der Waals surface area contributed by atoms with Crippen LogP contribution in [0.4, 0.5) is 18.0 Å². The number of quaternary nitrogens is 1. The van der Waals surface area contributed by atoms with Gasteiger partial charge in [0.05, 0.1) is 32.7 Å². The summed E-state index contributed by atoms with van der Waals surface area (Å²) in [6.45, 7) is 1.75. The number of urea groups is 1. The summed E-state index contributed by atoms with van der Waals surface area (Å²) in [4.78, 5) is 27.9. The molecule has 1 N–H and O–H groups in total. The van der Waals surface area contributed by atoms with Crippen LogP contribution >= 0.6 is 0 Å². The van der Waals surface area contributed by atoms with Crippen molar-refractivity contribution in [3.63, 3.8) is 0 Å². The molecule has 36 heavy (non-hydrogen) atoms. The van der Waals surface area contributed by atoms with Crippen LogP contribution in [0.5, 0.6) is 0 Å². The largest absolute Gasteiger partial charge is 0.323 e. The Morgan fingerprint density at radius 3 is 2.17 bits per heavy atom. The Morgan fingerprint density at radius 2 is 1.58 bits per heavy atom. The smallest absolute Gasteiger partial charge is 0.319 e. The van der Waals surface area contributed by atoms with Crippen LogP contribution in [0.2, 0.25) is 0 Å². The molecule has 2 heterocycles. The normalized spacial score (nSPS) is 23.1. The fourth-order valence-corrected chi connectivity index (χ4v) is 5.53. The van der Waals surface area contributed by atoms with E-state index in [1.807, 2.05) is 7.05 Å². The Labute approximate surface area is 207 Å². The van der Waals surface area contributed by atoms with Crippen LogP contribution in [0, 0.1) is 17.5 Å². The molecular formula is C28H27F3N3O2+. The number of hydrogen-bond donors (Lipinski definition) is 1. The van der Waals surface area contributed by atoms with E-state index >= 15 is 0 Å². The average Bonchev–Trinajstić information content (AvgIpc) is 3.40. The zero-order chi connectivity index (χ0) is 25.5. The third-order valence-electron chi connectivity index (χ3n) is 7.43. The first-order valence-electron chi connectivity index (χ1n) is 11.9. The molecule has 0 saturated carbocycles. The molecule has 5 rings (SSSR count). The van der Waals surface area contributed by atoms with Gasteiger partial charge < -0.3 is 14.7 Å². The number of benzene rings is 3. The molecule has 3 aromatic carbocycles. The summed E-state index contributed by atoms with van der Waals surface area (Å²) in [6.07, 6.45) is 0.698. The zero-order valence-electron chi connectivity index (χ0n) is 19.9. The molecule has 2 saturated heterocycles. The Bertz CT molecular complexity index is 1250. The van der Waals surface area contributed by atoms with Gasteiger partial charge in [-0.05, 0) is 47.5 Å². The lowest BCUT2D eigenvalue weighted by Gasteiger charge is -2.32. The van der Waals surface area contributed by atoms with Crippen LogP contribution in [0.3, 0.4) is 0 Å². The lowest BCUT2D eigenvalue weighted by atomic mass is 9.83. The van der Waals surface area contributed by atoms with Gasteiger partial charge in [-0.15, -0.1) is 0 Å². The van der Waals surface area contributed by atoms with E-state index in [1.54, 1.807) is 35.2 Å². The minimum atomic E-state index is -0.970. The number of nitrogens with zero attached hydrogens (tertiary/aromatic N) is 2. The standard InChI is InChI=1S/C28H26F3N3O2/c1-34(17-26(35)19-3-2-4-24(31)15-19)14-13-25(16-34)33-18-28(32-27(33)36,20-5-9-22(29)10-6-20)21-7-11-23(30)12-8-21/h2-12,15,25H,13-14,16-18H2,1H3/p+1/t25-,34?/m1/s1. The minimum absolute atomic E-state index is 0.127. The molecule has 5 nitrogen and oxygen atoms in total. The number of likely N-dealkylation sites (N-methyl/N-ethyl adjacent to an activating group) is 1. The Morgan fingerprint density at radius 1 is 0.972 bits per heavy atom. The van der Waals surface area contributed by atoms with Crippen molar-refractivity contribution in [3.05, 3.63) is 107 Å². The summed E-state index contributed by atoms with van der Waals surface area (Å²) in [7, 11) is 1.97. The van der Waals surface area contributed by atoms with E-state index in [2.05, 4.69) is 5.32 Å². The molecular weight excluding hydrogens is 467 g/mol. The fourth-order valence-electron chi connectivity index (χ4n) is 5.53. The van der Waals surface area contributed by atoms with Gasteiger partial charge in [-0.1, -0.05) is 36.4 Å². The number of Topliss-reactive ketones (excluding diaryl/α,β-unsaturated/α-hetero) is 1. The maximum atomic E-state index is 13.7. The van der Waals surface area contributed by atoms with Crippen LogP contribution in [0.1, 0.15) is 27.9 Å². The fraction of sp³-hybridized carbons (Fsp3) is 0.286. The van der Waals surface area contributed by atoms with Crippen molar-refractivity contribution in [2.75, 3.05) is 33.2 Å². The summed E-state index contributed by atoms with van der Waals surface area (Å²) in [5.74, 6) is -1.37. The van der Waals surface area contributed by atoms with Crippen molar-refractivity contribution >= 4 is 11.8 Å². The Hall–Kier alpha value is -3.65. The second kappa shape index (κ2) is 9.09. The van der Waals surface area contributed by atoms with Gasteiger partial charge in [-0.3, -0.25) is 4.79 Å². The van der Waals surface area contributed by atoms with E-state index in [-0.39, 0.29) is 42.6 Å². The van der Waals surface area contributed by atoms with Crippen LogP contribution in [-0.2, 0) is 5.54 Å². The van der Waals surface area contributed by atoms with Gasteiger partial charge in [-0.25, -0.2) is 18.0 Å². The van der Waals surface area contributed by atoms with Gasteiger partial charge in [0.15, 0.2) is 0 Å². The number of carbonyl (C=O) groups excluding carboxylic acids is 2. The highest BCUT2D eigenvalue weighted by Crippen LogP contribution is 2.37. The molecule has 3 aromatic rings. The number of hydrogen-bond acceptors (Lipinski definition) is 2. The van der Waals surface area contributed by atoms with Crippen molar-refractivity contribution in [1.29, 1.82) is 0 Å². The maximum absolute atomic E-state index is 13.7. The first-order valence-corrected chi connectivity index (χ1v) is 11.9. The van der Waals surface area contributed by atoms with Crippen molar-refractivity contribution in [2.45, 2.75) is 18.0 Å².